The monoisotopic (exact) mass is 226 g/mol. The van der Waals surface area contributed by atoms with Crippen molar-refractivity contribution in [3.05, 3.63) is 29.8 Å². The van der Waals surface area contributed by atoms with Crippen LogP contribution in [0.1, 0.15) is 11.7 Å². The van der Waals surface area contributed by atoms with Gasteiger partial charge in [0.1, 0.15) is 5.75 Å². The zero-order valence-corrected chi connectivity index (χ0v) is 7.30. The molecule has 0 amide bonds. The predicted octanol–water partition coefficient (Wildman–Crippen LogP) is 3.30. The molecule has 0 radical (unpaired) electrons. The van der Waals surface area contributed by atoms with Gasteiger partial charge >= 0.3 is 12.3 Å². The molecule has 0 aliphatic rings. The molecule has 0 heterocycles. The maximum absolute atomic E-state index is 13.0. The van der Waals surface area contributed by atoms with Crippen LogP contribution in [0.3, 0.4) is 0 Å². The zero-order valence-electron chi connectivity index (χ0n) is 7.30. The quantitative estimate of drug-likeness (QED) is 0.784. The van der Waals surface area contributed by atoms with Crippen LogP contribution in [-0.2, 0) is 0 Å². The van der Waals surface area contributed by atoms with Crippen LogP contribution in [0.2, 0.25) is 0 Å². The van der Waals surface area contributed by atoms with E-state index in [1.54, 1.807) is 0 Å². The molecule has 1 atom stereocenters. The minimum atomic E-state index is -4.81. The first-order chi connectivity index (χ1) is 6.87. The molecule has 0 bridgehead atoms. The van der Waals surface area contributed by atoms with Crippen molar-refractivity contribution in [1.82, 2.24) is 0 Å². The number of benzene rings is 1. The van der Waals surface area contributed by atoms with Gasteiger partial charge in [-0.15, -0.1) is 0 Å². The Labute approximate surface area is 82.1 Å². The lowest BCUT2D eigenvalue weighted by molar-refractivity contribution is -0.172. The molecule has 84 valence electrons. The Morgan fingerprint density at radius 1 is 1.07 bits per heavy atom. The molecule has 0 spiro atoms. The molecule has 15 heavy (non-hydrogen) atoms. The Morgan fingerprint density at radius 3 is 2.07 bits per heavy atom. The molecule has 0 aliphatic carbocycles. The Bertz CT molecular complexity index is 339. The summed E-state index contributed by atoms with van der Waals surface area (Å²) < 4.78 is 61.8. The molecule has 0 fully saturated rings. The molecule has 0 aliphatic heterocycles. The van der Waals surface area contributed by atoms with Crippen LogP contribution in [0.5, 0.6) is 5.75 Å². The van der Waals surface area contributed by atoms with Crippen LogP contribution < -0.4 is 0 Å². The van der Waals surface area contributed by atoms with Gasteiger partial charge in [-0.05, 0) is 6.07 Å². The first-order valence-electron chi connectivity index (χ1n) is 3.95. The number of rotatable bonds is 3. The van der Waals surface area contributed by atoms with Crippen molar-refractivity contribution < 1.29 is 27.1 Å². The second-order valence-electron chi connectivity index (χ2n) is 2.90. The number of para-hydroxylation sites is 1. The van der Waals surface area contributed by atoms with Crippen molar-refractivity contribution in [2.45, 2.75) is 18.5 Å². The molecule has 1 aromatic carbocycles. The number of halogens is 5. The number of hydrogen-bond acceptors (Lipinski definition) is 1. The lowest BCUT2D eigenvalue weighted by Crippen LogP contribution is -2.32. The van der Waals surface area contributed by atoms with E-state index in [1.165, 1.54) is 12.1 Å². The maximum Gasteiger partial charge on any atom is 0.342 e. The third-order valence-electron chi connectivity index (χ3n) is 1.84. The van der Waals surface area contributed by atoms with Crippen LogP contribution in [0, 0.1) is 0 Å². The van der Waals surface area contributed by atoms with Gasteiger partial charge in [-0.3, -0.25) is 0 Å². The van der Waals surface area contributed by atoms with E-state index in [0.29, 0.717) is 0 Å². The molecule has 1 nitrogen and oxygen atoms in total. The van der Waals surface area contributed by atoms with Crippen molar-refractivity contribution in [1.29, 1.82) is 0 Å². The van der Waals surface area contributed by atoms with Crippen LogP contribution >= 0.6 is 0 Å². The number of alkyl halides is 5. The smallest absolute Gasteiger partial charge is 0.342 e. The molecular formula is C9H7F5O. The van der Waals surface area contributed by atoms with E-state index in [2.05, 4.69) is 0 Å². The summed E-state index contributed by atoms with van der Waals surface area (Å²) in [5, 5.41) is 9.01. The average Bonchev–Trinajstić information content (AvgIpc) is 2.17. The zero-order chi connectivity index (χ0) is 11.6. The first-order valence-corrected chi connectivity index (χ1v) is 3.95. The molecule has 1 rings (SSSR count). The molecule has 0 saturated carbocycles. The minimum absolute atomic E-state index is 0.773. The SMILES string of the molecule is Oc1ccccc1C(F)C(F)(F)C(F)F. The second kappa shape index (κ2) is 4.04. The Balaban J connectivity index is 3.04. The topological polar surface area (TPSA) is 20.2 Å². The van der Waals surface area contributed by atoms with Gasteiger partial charge in [-0.1, -0.05) is 18.2 Å². The first kappa shape index (κ1) is 11.7. The summed E-state index contributed by atoms with van der Waals surface area (Å²) in [5.74, 6) is -5.58. The van der Waals surface area contributed by atoms with Crippen molar-refractivity contribution in [2.24, 2.45) is 0 Å². The van der Waals surface area contributed by atoms with E-state index in [0.717, 1.165) is 12.1 Å². The molecule has 6 heteroatoms. The summed E-state index contributed by atoms with van der Waals surface area (Å²) >= 11 is 0. The highest BCUT2D eigenvalue weighted by atomic mass is 19.3. The molecule has 1 unspecified atom stereocenters. The number of phenolic OH excluding ortho intramolecular Hbond substituents is 1. The van der Waals surface area contributed by atoms with Gasteiger partial charge in [0.2, 0.25) is 0 Å². The van der Waals surface area contributed by atoms with E-state index in [-0.39, 0.29) is 0 Å². The van der Waals surface area contributed by atoms with Crippen LogP contribution in [-0.4, -0.2) is 17.5 Å². The van der Waals surface area contributed by atoms with Crippen molar-refractivity contribution in [3.8, 4) is 5.75 Å². The number of phenols is 1. The molecule has 0 saturated heterocycles. The van der Waals surface area contributed by atoms with Gasteiger partial charge < -0.3 is 5.11 Å². The summed E-state index contributed by atoms with van der Waals surface area (Å²) in [5.41, 5.74) is -0.845. The van der Waals surface area contributed by atoms with Crippen LogP contribution in [0.4, 0.5) is 22.0 Å². The number of aromatic hydroxyl groups is 1. The normalized spacial score (nSPS) is 14.3. The van der Waals surface area contributed by atoms with Gasteiger partial charge in [-0.25, -0.2) is 13.2 Å². The highest BCUT2D eigenvalue weighted by Crippen LogP contribution is 2.42. The predicted molar refractivity (Wildman–Crippen MR) is 42.9 cm³/mol. The fraction of sp³-hybridized carbons (Fsp3) is 0.333. The lowest BCUT2D eigenvalue weighted by Gasteiger charge is -2.20. The van der Waals surface area contributed by atoms with Crippen molar-refractivity contribution in [2.75, 3.05) is 0 Å². The Morgan fingerprint density at radius 2 is 1.60 bits per heavy atom. The van der Waals surface area contributed by atoms with E-state index in [9.17, 15) is 22.0 Å². The van der Waals surface area contributed by atoms with E-state index in [1.807, 2.05) is 0 Å². The van der Waals surface area contributed by atoms with Crippen LogP contribution in [0.15, 0.2) is 24.3 Å². The fourth-order valence-corrected chi connectivity index (χ4v) is 1.02. The molecular weight excluding hydrogens is 219 g/mol. The average molecular weight is 226 g/mol. The minimum Gasteiger partial charge on any atom is -0.508 e. The van der Waals surface area contributed by atoms with Crippen LogP contribution in [0.25, 0.3) is 0 Å². The summed E-state index contributed by atoms with van der Waals surface area (Å²) in [4.78, 5) is 0. The standard InChI is InChI=1S/C9H7F5O/c10-7(9(13,14)8(11)12)5-3-1-2-4-6(5)15/h1-4,7-8,15H. The lowest BCUT2D eigenvalue weighted by atomic mass is 10.0. The van der Waals surface area contributed by atoms with Gasteiger partial charge in [0.05, 0.1) is 0 Å². The van der Waals surface area contributed by atoms with E-state index in [4.69, 9.17) is 5.11 Å². The molecule has 1 aromatic rings. The molecule has 0 aromatic heterocycles. The Kier molecular flexibility index (Phi) is 3.16. The maximum atomic E-state index is 13.0. The largest absolute Gasteiger partial charge is 0.508 e. The highest BCUT2D eigenvalue weighted by molar-refractivity contribution is 5.34. The van der Waals surface area contributed by atoms with E-state index < -0.39 is 29.8 Å². The second-order valence-corrected chi connectivity index (χ2v) is 2.90. The van der Waals surface area contributed by atoms with Gasteiger partial charge in [0.25, 0.3) is 0 Å². The summed E-state index contributed by atoms with van der Waals surface area (Å²) in [6, 6.07) is 4.22. The number of hydrogen-bond donors (Lipinski definition) is 1. The highest BCUT2D eigenvalue weighted by Gasteiger charge is 2.50. The van der Waals surface area contributed by atoms with Gasteiger partial charge in [-0.2, -0.15) is 8.78 Å². The van der Waals surface area contributed by atoms with Gasteiger partial charge in [0.15, 0.2) is 6.17 Å². The third-order valence-corrected chi connectivity index (χ3v) is 1.84. The third kappa shape index (κ3) is 2.19. The van der Waals surface area contributed by atoms with Gasteiger partial charge in [0, 0.05) is 5.56 Å². The fourth-order valence-electron chi connectivity index (χ4n) is 1.02. The summed E-state index contributed by atoms with van der Waals surface area (Å²) in [7, 11) is 0. The van der Waals surface area contributed by atoms with E-state index >= 15 is 0 Å². The van der Waals surface area contributed by atoms with Crippen molar-refractivity contribution in [3.63, 3.8) is 0 Å². The Hall–Kier alpha value is -1.33. The summed E-state index contributed by atoms with van der Waals surface area (Å²) in [6.07, 6.45) is -7.34. The van der Waals surface area contributed by atoms with Crippen molar-refractivity contribution >= 4 is 0 Å². The summed E-state index contributed by atoms with van der Waals surface area (Å²) in [6.45, 7) is 0. The molecule has 1 N–H and O–H groups in total.